The van der Waals surface area contributed by atoms with Gasteiger partial charge in [0.15, 0.2) is 5.82 Å². The van der Waals surface area contributed by atoms with E-state index in [-0.39, 0.29) is 6.42 Å². The third-order valence-corrected chi connectivity index (χ3v) is 5.89. The van der Waals surface area contributed by atoms with Crippen LogP contribution in [0.5, 0.6) is 0 Å². The number of fused-ring (bicyclic) bond motifs is 3. The number of hydrogen-bond acceptors (Lipinski definition) is 5. The Morgan fingerprint density at radius 1 is 1.06 bits per heavy atom. The molecule has 0 saturated heterocycles. The molecule has 0 spiro atoms. The summed E-state index contributed by atoms with van der Waals surface area (Å²) in [7, 11) is 0. The number of para-hydroxylation sites is 1. The van der Waals surface area contributed by atoms with E-state index in [9.17, 15) is 4.79 Å². The molecule has 7 nitrogen and oxygen atoms in total. The molecule has 0 aliphatic heterocycles. The van der Waals surface area contributed by atoms with E-state index in [1.807, 2.05) is 42.5 Å². The number of nitrogen functional groups attached to an aromatic ring is 1. The number of benzene rings is 2. The molecule has 4 aromatic rings. The van der Waals surface area contributed by atoms with Crippen molar-refractivity contribution >= 4 is 33.7 Å². The zero-order valence-corrected chi connectivity index (χ0v) is 19.1. The summed E-state index contributed by atoms with van der Waals surface area (Å²) >= 11 is 0. The number of nitrogens with zero attached hydrogens (tertiary/aromatic N) is 3. The fourth-order valence-electron chi connectivity index (χ4n) is 4.22. The molecule has 2 aromatic heterocycles. The van der Waals surface area contributed by atoms with Gasteiger partial charge in [0.25, 0.3) is 0 Å². The number of nitrogens with one attached hydrogen (secondary N) is 1. The molecule has 0 unspecified atom stereocenters. The van der Waals surface area contributed by atoms with Crippen molar-refractivity contribution in [1.82, 2.24) is 19.9 Å². The number of carboxylic acids is 1. The normalized spacial score (nSPS) is 11.4. The largest absolute Gasteiger partial charge is 0.481 e. The van der Waals surface area contributed by atoms with E-state index in [4.69, 9.17) is 15.8 Å². The number of aromatic nitrogens is 3. The molecule has 0 bridgehead atoms. The Balaban J connectivity index is 1.45. The molecule has 7 heteroatoms. The molecule has 2 aromatic carbocycles. The number of aliphatic carboxylic acids is 1. The zero-order valence-electron chi connectivity index (χ0n) is 19.1. The summed E-state index contributed by atoms with van der Waals surface area (Å²) in [4.78, 5) is 20.3. The molecule has 172 valence electrons. The number of pyridine rings is 1. The highest BCUT2D eigenvalue weighted by Gasteiger charge is 2.16. The molecular weight excluding hydrogens is 414 g/mol. The van der Waals surface area contributed by atoms with Crippen LogP contribution >= 0.6 is 0 Å². The van der Waals surface area contributed by atoms with Gasteiger partial charge in [-0.3, -0.25) is 4.79 Å². The van der Waals surface area contributed by atoms with Crippen LogP contribution in [0.4, 0.5) is 5.82 Å². The van der Waals surface area contributed by atoms with Crippen LogP contribution < -0.4 is 11.1 Å². The first kappa shape index (κ1) is 22.7. The lowest BCUT2D eigenvalue weighted by Crippen LogP contribution is -2.17. The Morgan fingerprint density at radius 3 is 2.58 bits per heavy atom. The number of imidazole rings is 1. The van der Waals surface area contributed by atoms with E-state index in [1.165, 1.54) is 0 Å². The lowest BCUT2D eigenvalue weighted by molar-refractivity contribution is -0.136. The van der Waals surface area contributed by atoms with Crippen LogP contribution in [-0.4, -0.2) is 32.2 Å². The third-order valence-electron chi connectivity index (χ3n) is 5.89. The van der Waals surface area contributed by atoms with Crippen molar-refractivity contribution in [1.29, 1.82) is 0 Å². The maximum atomic E-state index is 10.8. The molecule has 2 heterocycles. The summed E-state index contributed by atoms with van der Waals surface area (Å²) < 4.78 is 2.33. The second-order valence-electron chi connectivity index (χ2n) is 8.41. The van der Waals surface area contributed by atoms with E-state index in [0.29, 0.717) is 5.82 Å². The van der Waals surface area contributed by atoms with Gasteiger partial charge in [-0.2, -0.15) is 0 Å². The Morgan fingerprint density at radius 2 is 1.82 bits per heavy atom. The monoisotopic (exact) mass is 445 g/mol. The summed E-state index contributed by atoms with van der Waals surface area (Å²) in [5.41, 5.74) is 11.0. The van der Waals surface area contributed by atoms with E-state index in [0.717, 1.165) is 84.2 Å². The molecule has 33 heavy (non-hydrogen) atoms. The van der Waals surface area contributed by atoms with E-state index in [1.54, 1.807) is 0 Å². The van der Waals surface area contributed by atoms with Gasteiger partial charge in [0.05, 0.1) is 17.5 Å². The van der Waals surface area contributed by atoms with Gasteiger partial charge in [0.2, 0.25) is 0 Å². The van der Waals surface area contributed by atoms with E-state index >= 15 is 0 Å². The molecule has 0 radical (unpaired) electrons. The first-order valence-corrected chi connectivity index (χ1v) is 11.6. The molecule has 0 saturated carbocycles. The molecule has 0 fully saturated rings. The summed E-state index contributed by atoms with van der Waals surface area (Å²) in [6.45, 7) is 4.66. The number of carboxylic acid groups (broad SMARTS) is 1. The lowest BCUT2D eigenvalue weighted by atomic mass is 10.1. The van der Waals surface area contributed by atoms with Gasteiger partial charge in [0, 0.05) is 24.9 Å². The van der Waals surface area contributed by atoms with Gasteiger partial charge in [0.1, 0.15) is 11.3 Å². The van der Waals surface area contributed by atoms with Gasteiger partial charge in [-0.15, -0.1) is 0 Å². The van der Waals surface area contributed by atoms with Crippen LogP contribution in [-0.2, 0) is 30.7 Å². The number of nitrogens with two attached hydrogens (primary N) is 1. The quantitative estimate of drug-likeness (QED) is 0.297. The Labute approximate surface area is 193 Å². The SMILES string of the molecule is CCCCc1nc2c(N)nc3ccccc3c2n1CCCNCc1ccc(CC(=O)O)cc1. The van der Waals surface area contributed by atoms with Crippen molar-refractivity contribution in [2.24, 2.45) is 0 Å². The van der Waals surface area contributed by atoms with Gasteiger partial charge < -0.3 is 20.7 Å². The summed E-state index contributed by atoms with van der Waals surface area (Å²) in [5.74, 6) is 0.756. The van der Waals surface area contributed by atoms with Crippen molar-refractivity contribution < 1.29 is 9.90 Å². The predicted octanol–water partition coefficient (Wildman–Crippen LogP) is 4.32. The molecule has 0 aliphatic carbocycles. The highest BCUT2D eigenvalue weighted by Crippen LogP contribution is 2.29. The van der Waals surface area contributed by atoms with Crippen LogP contribution in [0.3, 0.4) is 0 Å². The number of aryl methyl sites for hydroxylation is 2. The first-order valence-electron chi connectivity index (χ1n) is 11.6. The highest BCUT2D eigenvalue weighted by atomic mass is 16.4. The van der Waals surface area contributed by atoms with Gasteiger partial charge in [-0.1, -0.05) is 55.8 Å². The summed E-state index contributed by atoms with van der Waals surface area (Å²) in [5, 5.41) is 13.5. The minimum atomic E-state index is -0.809. The lowest BCUT2D eigenvalue weighted by Gasteiger charge is -2.12. The molecular formula is C26H31N5O2. The van der Waals surface area contributed by atoms with Crippen molar-refractivity contribution in [3.05, 3.63) is 65.5 Å². The predicted molar refractivity (Wildman–Crippen MR) is 132 cm³/mol. The van der Waals surface area contributed by atoms with Gasteiger partial charge >= 0.3 is 5.97 Å². The molecule has 0 aliphatic rings. The molecule has 4 N–H and O–H groups in total. The van der Waals surface area contributed by atoms with Crippen LogP contribution in [0.2, 0.25) is 0 Å². The minimum Gasteiger partial charge on any atom is -0.481 e. The fraction of sp³-hybridized carbons (Fsp3) is 0.346. The summed E-state index contributed by atoms with van der Waals surface area (Å²) in [6.07, 6.45) is 4.14. The first-order chi connectivity index (χ1) is 16.1. The van der Waals surface area contributed by atoms with E-state index in [2.05, 4.69) is 27.9 Å². The zero-order chi connectivity index (χ0) is 23.2. The Kier molecular flexibility index (Phi) is 7.19. The number of rotatable bonds is 11. The van der Waals surface area contributed by atoms with Crippen LogP contribution in [0, 0.1) is 0 Å². The van der Waals surface area contributed by atoms with E-state index < -0.39 is 5.97 Å². The van der Waals surface area contributed by atoms with Crippen LogP contribution in [0.15, 0.2) is 48.5 Å². The maximum Gasteiger partial charge on any atom is 0.307 e. The number of unbranched alkanes of at least 4 members (excludes halogenated alkanes) is 1. The topological polar surface area (TPSA) is 106 Å². The summed E-state index contributed by atoms with van der Waals surface area (Å²) in [6, 6.07) is 15.8. The Bertz CT molecular complexity index is 1250. The van der Waals surface area contributed by atoms with Gasteiger partial charge in [-0.05, 0) is 36.6 Å². The highest BCUT2D eigenvalue weighted by molar-refractivity contribution is 6.06. The fourth-order valence-corrected chi connectivity index (χ4v) is 4.22. The smallest absolute Gasteiger partial charge is 0.307 e. The molecule has 0 amide bonds. The standard InChI is InChI=1S/C26H31N5O2/c1-2-3-9-22-30-24-25(20-7-4-5-8-21(20)29-26(24)27)31(22)15-6-14-28-17-19-12-10-18(11-13-19)16-23(32)33/h4-5,7-8,10-13,28H,2-3,6,9,14-17H2,1H3,(H2,27,29)(H,32,33). The average Bonchev–Trinajstić information content (AvgIpc) is 3.17. The van der Waals surface area contributed by atoms with Crippen LogP contribution in [0.25, 0.3) is 21.9 Å². The van der Waals surface area contributed by atoms with Gasteiger partial charge in [-0.25, -0.2) is 9.97 Å². The molecule has 0 atom stereocenters. The van der Waals surface area contributed by atoms with Crippen molar-refractivity contribution in [3.8, 4) is 0 Å². The number of anilines is 1. The number of carbonyl (C=O) groups is 1. The van der Waals surface area contributed by atoms with Crippen molar-refractivity contribution in [2.45, 2.75) is 52.1 Å². The second kappa shape index (κ2) is 10.4. The second-order valence-corrected chi connectivity index (χ2v) is 8.41. The van der Waals surface area contributed by atoms with Crippen molar-refractivity contribution in [3.63, 3.8) is 0 Å². The maximum absolute atomic E-state index is 10.8. The average molecular weight is 446 g/mol. The van der Waals surface area contributed by atoms with Crippen molar-refractivity contribution in [2.75, 3.05) is 12.3 Å². The van der Waals surface area contributed by atoms with Crippen LogP contribution in [0.1, 0.15) is 43.1 Å². The molecule has 4 rings (SSSR count). The minimum absolute atomic E-state index is 0.0572. The number of hydrogen-bond donors (Lipinski definition) is 3. The third kappa shape index (κ3) is 5.31. The Hall–Kier alpha value is -3.45.